The largest absolute Gasteiger partial charge is 0.383 e. The molecule has 1 fully saturated rings. The summed E-state index contributed by atoms with van der Waals surface area (Å²) < 4.78 is 27.1. The van der Waals surface area contributed by atoms with E-state index in [4.69, 9.17) is 4.18 Å². The lowest BCUT2D eigenvalue weighted by molar-refractivity contribution is -0.122. The van der Waals surface area contributed by atoms with Gasteiger partial charge in [0.1, 0.15) is 11.3 Å². The van der Waals surface area contributed by atoms with Gasteiger partial charge >= 0.3 is 16.1 Å². The molecule has 1 N–H and O–H groups in total. The molecule has 9 heteroatoms. The summed E-state index contributed by atoms with van der Waals surface area (Å²) in [6.07, 6.45) is 3.05. The van der Waals surface area contributed by atoms with Gasteiger partial charge in [-0.1, -0.05) is 31.2 Å². The Bertz CT molecular complexity index is 1100. The summed E-state index contributed by atoms with van der Waals surface area (Å²) in [7, 11) is -3.66. The number of aryl methyl sites for hydroxylation is 1. The molecule has 0 aromatic heterocycles. The molecular formula is C20H18N2O6S. The maximum absolute atomic E-state index is 12.8. The highest BCUT2D eigenvalue weighted by Gasteiger charge is 2.36. The van der Waals surface area contributed by atoms with E-state index in [9.17, 15) is 22.8 Å². The van der Waals surface area contributed by atoms with E-state index in [1.54, 1.807) is 24.3 Å². The Labute approximate surface area is 167 Å². The third kappa shape index (κ3) is 4.69. The van der Waals surface area contributed by atoms with Crippen molar-refractivity contribution in [2.24, 2.45) is 0 Å². The first-order chi connectivity index (χ1) is 13.7. The lowest BCUT2D eigenvalue weighted by Gasteiger charge is -2.26. The van der Waals surface area contributed by atoms with Crippen molar-refractivity contribution in [2.75, 3.05) is 11.2 Å². The van der Waals surface area contributed by atoms with Crippen molar-refractivity contribution in [1.82, 2.24) is 5.32 Å². The molecule has 8 nitrogen and oxygen atoms in total. The van der Waals surface area contributed by atoms with Crippen LogP contribution < -0.4 is 14.4 Å². The molecule has 29 heavy (non-hydrogen) atoms. The second kappa shape index (κ2) is 7.88. The summed E-state index contributed by atoms with van der Waals surface area (Å²) in [6, 6.07) is 11.8. The van der Waals surface area contributed by atoms with E-state index in [1.165, 1.54) is 30.3 Å². The summed E-state index contributed by atoms with van der Waals surface area (Å²) in [4.78, 5) is 38.1. The Morgan fingerprint density at radius 2 is 1.62 bits per heavy atom. The minimum atomic E-state index is -3.66. The Hall–Kier alpha value is -3.46. The summed E-state index contributed by atoms with van der Waals surface area (Å²) in [6.45, 7) is 1.99. The monoisotopic (exact) mass is 414 g/mol. The zero-order valence-electron chi connectivity index (χ0n) is 15.7. The summed E-state index contributed by atoms with van der Waals surface area (Å²) in [5, 5.41) is 2.15. The highest BCUT2D eigenvalue weighted by Crippen LogP contribution is 2.23. The molecule has 3 rings (SSSR count). The first-order valence-corrected chi connectivity index (χ1v) is 10.5. The fourth-order valence-corrected chi connectivity index (χ4v) is 3.19. The van der Waals surface area contributed by atoms with E-state index in [0.717, 1.165) is 23.1 Å². The second-order valence-electron chi connectivity index (χ2n) is 6.33. The number of imide groups is 2. The molecule has 1 saturated heterocycles. The number of benzene rings is 2. The van der Waals surface area contributed by atoms with Crippen LogP contribution in [0.4, 0.5) is 10.5 Å². The number of rotatable bonds is 5. The number of urea groups is 1. The number of nitrogens with zero attached hydrogens (tertiary/aromatic N) is 1. The average molecular weight is 414 g/mol. The van der Waals surface area contributed by atoms with Crippen LogP contribution in [0.2, 0.25) is 0 Å². The number of barbiturate groups is 1. The fourth-order valence-electron chi connectivity index (χ4n) is 2.73. The minimum absolute atomic E-state index is 0.0990. The average Bonchev–Trinajstić information content (AvgIpc) is 2.65. The van der Waals surface area contributed by atoms with Crippen LogP contribution in [0.15, 0.2) is 54.1 Å². The van der Waals surface area contributed by atoms with E-state index >= 15 is 0 Å². The molecule has 2 aromatic carbocycles. The normalized spacial score (nSPS) is 16.1. The molecule has 2 aromatic rings. The van der Waals surface area contributed by atoms with Gasteiger partial charge in [-0.25, -0.2) is 9.69 Å². The van der Waals surface area contributed by atoms with Gasteiger partial charge in [-0.2, -0.15) is 8.42 Å². The quantitative estimate of drug-likeness (QED) is 0.457. The molecule has 0 aliphatic carbocycles. The summed E-state index contributed by atoms with van der Waals surface area (Å²) >= 11 is 0. The van der Waals surface area contributed by atoms with Crippen molar-refractivity contribution < 1.29 is 27.0 Å². The first-order valence-electron chi connectivity index (χ1n) is 8.68. The maximum Gasteiger partial charge on any atom is 0.335 e. The number of hydrogen-bond acceptors (Lipinski definition) is 6. The maximum atomic E-state index is 12.8. The summed E-state index contributed by atoms with van der Waals surface area (Å²) in [5.41, 5.74) is 1.63. The minimum Gasteiger partial charge on any atom is -0.383 e. The smallest absolute Gasteiger partial charge is 0.335 e. The number of carbonyl (C=O) groups is 3. The van der Waals surface area contributed by atoms with Crippen LogP contribution in [0.5, 0.6) is 5.75 Å². The van der Waals surface area contributed by atoms with Crippen LogP contribution >= 0.6 is 0 Å². The number of amides is 4. The molecule has 0 spiro atoms. The van der Waals surface area contributed by atoms with Crippen LogP contribution in [0.1, 0.15) is 18.1 Å². The van der Waals surface area contributed by atoms with Crippen molar-refractivity contribution in [3.8, 4) is 5.75 Å². The second-order valence-corrected chi connectivity index (χ2v) is 7.91. The van der Waals surface area contributed by atoms with Crippen LogP contribution in [0.3, 0.4) is 0 Å². The lowest BCUT2D eigenvalue weighted by Crippen LogP contribution is -2.54. The Morgan fingerprint density at radius 3 is 2.17 bits per heavy atom. The van der Waals surface area contributed by atoms with Gasteiger partial charge in [0, 0.05) is 0 Å². The van der Waals surface area contributed by atoms with Gasteiger partial charge in [-0.05, 0) is 47.9 Å². The standard InChI is InChI=1S/C20H18N2O6S/c1-3-13-4-8-15(9-5-13)22-19(24)17(18(23)21-20(22)25)12-14-6-10-16(11-7-14)28-29(2,26)27/h4-12H,3H2,1-2H3,(H,21,23,25). The highest BCUT2D eigenvalue weighted by atomic mass is 32.2. The predicted octanol–water partition coefficient (Wildman–Crippen LogP) is 2.25. The van der Waals surface area contributed by atoms with Crippen molar-refractivity contribution in [3.05, 3.63) is 65.2 Å². The summed E-state index contributed by atoms with van der Waals surface area (Å²) in [5.74, 6) is -1.46. The topological polar surface area (TPSA) is 110 Å². The van der Waals surface area contributed by atoms with Crippen LogP contribution in [0, 0.1) is 0 Å². The molecule has 0 radical (unpaired) electrons. The highest BCUT2D eigenvalue weighted by molar-refractivity contribution is 7.86. The molecule has 1 aliphatic heterocycles. The van der Waals surface area contributed by atoms with E-state index in [1.807, 2.05) is 6.92 Å². The van der Waals surface area contributed by atoms with Crippen molar-refractivity contribution in [2.45, 2.75) is 13.3 Å². The van der Waals surface area contributed by atoms with Crippen LogP contribution in [-0.2, 0) is 26.1 Å². The van der Waals surface area contributed by atoms with Gasteiger partial charge in [0.2, 0.25) is 0 Å². The Balaban J connectivity index is 1.90. The van der Waals surface area contributed by atoms with Gasteiger partial charge in [-0.15, -0.1) is 0 Å². The first kappa shape index (κ1) is 20.3. The molecule has 1 heterocycles. The molecular weight excluding hydrogens is 396 g/mol. The van der Waals surface area contributed by atoms with Crippen LogP contribution in [0.25, 0.3) is 6.08 Å². The van der Waals surface area contributed by atoms with Crippen molar-refractivity contribution >= 4 is 39.7 Å². The van der Waals surface area contributed by atoms with E-state index in [2.05, 4.69) is 5.32 Å². The van der Waals surface area contributed by atoms with E-state index in [-0.39, 0.29) is 11.3 Å². The number of hydrogen-bond donors (Lipinski definition) is 1. The number of anilines is 1. The third-order valence-electron chi connectivity index (χ3n) is 4.14. The van der Waals surface area contributed by atoms with Gasteiger partial charge < -0.3 is 4.18 Å². The van der Waals surface area contributed by atoms with Gasteiger partial charge in [-0.3, -0.25) is 14.9 Å². The fraction of sp³-hybridized carbons (Fsp3) is 0.150. The number of carbonyl (C=O) groups excluding carboxylic acids is 3. The van der Waals surface area contributed by atoms with Gasteiger partial charge in [0.15, 0.2) is 0 Å². The van der Waals surface area contributed by atoms with Crippen molar-refractivity contribution in [1.29, 1.82) is 0 Å². The van der Waals surface area contributed by atoms with E-state index in [0.29, 0.717) is 11.3 Å². The molecule has 0 bridgehead atoms. The molecule has 0 atom stereocenters. The molecule has 0 unspecified atom stereocenters. The predicted molar refractivity (Wildman–Crippen MR) is 107 cm³/mol. The third-order valence-corrected chi connectivity index (χ3v) is 4.64. The number of nitrogens with one attached hydrogen (secondary N) is 1. The Kier molecular flexibility index (Phi) is 5.51. The zero-order chi connectivity index (χ0) is 21.2. The molecule has 1 aliphatic rings. The zero-order valence-corrected chi connectivity index (χ0v) is 16.5. The van der Waals surface area contributed by atoms with E-state index < -0.39 is 28.0 Å². The molecule has 4 amide bonds. The lowest BCUT2D eigenvalue weighted by atomic mass is 10.1. The van der Waals surface area contributed by atoms with Gasteiger partial charge in [0.05, 0.1) is 11.9 Å². The molecule has 150 valence electrons. The van der Waals surface area contributed by atoms with Gasteiger partial charge in [0.25, 0.3) is 11.8 Å². The van der Waals surface area contributed by atoms with Crippen LogP contribution in [-0.4, -0.2) is 32.5 Å². The molecule has 0 saturated carbocycles. The SMILES string of the molecule is CCc1ccc(N2C(=O)NC(=O)C(=Cc3ccc(OS(C)(=O)=O)cc3)C2=O)cc1. The Morgan fingerprint density at radius 1 is 1.00 bits per heavy atom. The van der Waals surface area contributed by atoms with Crippen molar-refractivity contribution in [3.63, 3.8) is 0 Å².